The first-order valence-electron chi connectivity index (χ1n) is 5.83. The Bertz CT molecular complexity index is 447. The summed E-state index contributed by atoms with van der Waals surface area (Å²) in [5.74, 6) is 0.119. The second-order valence-electron chi connectivity index (χ2n) is 4.81. The highest BCUT2D eigenvalue weighted by Crippen LogP contribution is 2.28. The van der Waals surface area contributed by atoms with Crippen LogP contribution in [0, 0.1) is 12.8 Å². The lowest BCUT2D eigenvalue weighted by Gasteiger charge is -2.15. The van der Waals surface area contributed by atoms with Crippen LogP contribution in [-0.4, -0.2) is 11.9 Å². The summed E-state index contributed by atoms with van der Waals surface area (Å²) in [4.78, 5) is 11.9. The quantitative estimate of drug-likeness (QED) is 0.889. The Labute approximate surface area is 118 Å². The molecule has 1 aromatic carbocycles. The topological polar surface area (TPSA) is 55.1 Å². The molecule has 1 amide bonds. The van der Waals surface area contributed by atoms with E-state index in [0.717, 1.165) is 5.56 Å². The molecule has 0 spiro atoms. The third-order valence-corrected chi connectivity index (χ3v) is 3.29. The molecule has 0 unspecified atom stereocenters. The molecule has 0 fully saturated rings. The lowest BCUT2D eigenvalue weighted by molar-refractivity contribution is -0.117. The van der Waals surface area contributed by atoms with Crippen LogP contribution in [0.3, 0.4) is 0 Å². The SMILES string of the molecule is Cc1cc(Cl)c(NC(=O)[C@H](N)CC(C)C)cc1Cl. The van der Waals surface area contributed by atoms with Crippen molar-refractivity contribution in [1.29, 1.82) is 0 Å². The van der Waals surface area contributed by atoms with Crippen LogP contribution < -0.4 is 11.1 Å². The maximum absolute atomic E-state index is 11.9. The number of aryl methyl sites for hydroxylation is 1. The largest absolute Gasteiger partial charge is 0.323 e. The van der Waals surface area contributed by atoms with Crippen molar-refractivity contribution in [3.8, 4) is 0 Å². The number of nitrogens with one attached hydrogen (secondary N) is 1. The lowest BCUT2D eigenvalue weighted by Crippen LogP contribution is -2.36. The molecule has 0 heterocycles. The predicted octanol–water partition coefficient (Wildman–Crippen LogP) is 3.61. The van der Waals surface area contributed by atoms with Crippen molar-refractivity contribution in [1.82, 2.24) is 0 Å². The van der Waals surface area contributed by atoms with Crippen LogP contribution in [0.25, 0.3) is 0 Å². The Morgan fingerprint density at radius 1 is 1.33 bits per heavy atom. The molecule has 0 radical (unpaired) electrons. The van der Waals surface area contributed by atoms with E-state index in [-0.39, 0.29) is 5.91 Å². The van der Waals surface area contributed by atoms with Crippen LogP contribution in [0.15, 0.2) is 12.1 Å². The smallest absolute Gasteiger partial charge is 0.241 e. The van der Waals surface area contributed by atoms with Crippen LogP contribution in [0.1, 0.15) is 25.8 Å². The minimum Gasteiger partial charge on any atom is -0.323 e. The molecule has 3 nitrogen and oxygen atoms in total. The van der Waals surface area contributed by atoms with E-state index in [0.29, 0.717) is 28.1 Å². The van der Waals surface area contributed by atoms with E-state index in [1.54, 1.807) is 12.1 Å². The van der Waals surface area contributed by atoms with Gasteiger partial charge in [0, 0.05) is 5.02 Å². The molecule has 1 rings (SSSR count). The number of amides is 1. The minimum atomic E-state index is -0.541. The third kappa shape index (κ3) is 4.16. The van der Waals surface area contributed by atoms with Gasteiger partial charge in [0.1, 0.15) is 0 Å². The van der Waals surface area contributed by atoms with Crippen molar-refractivity contribution < 1.29 is 4.79 Å². The molecular formula is C13H18Cl2N2O. The normalized spacial score (nSPS) is 12.6. The van der Waals surface area contributed by atoms with E-state index in [9.17, 15) is 4.79 Å². The fraction of sp³-hybridized carbons (Fsp3) is 0.462. The summed E-state index contributed by atoms with van der Waals surface area (Å²) in [5.41, 5.74) is 7.16. The van der Waals surface area contributed by atoms with Crippen molar-refractivity contribution in [2.75, 3.05) is 5.32 Å². The highest BCUT2D eigenvalue weighted by molar-refractivity contribution is 6.36. The molecule has 5 heteroatoms. The van der Waals surface area contributed by atoms with Gasteiger partial charge in [-0.15, -0.1) is 0 Å². The van der Waals surface area contributed by atoms with E-state index in [2.05, 4.69) is 5.32 Å². The Hall–Kier alpha value is -0.770. The monoisotopic (exact) mass is 288 g/mol. The Balaban J connectivity index is 2.79. The van der Waals surface area contributed by atoms with Crippen molar-refractivity contribution in [2.45, 2.75) is 33.2 Å². The predicted molar refractivity (Wildman–Crippen MR) is 77.3 cm³/mol. The molecule has 0 aliphatic rings. The molecule has 1 atom stereocenters. The summed E-state index contributed by atoms with van der Waals surface area (Å²) in [7, 11) is 0. The molecule has 1 aromatic rings. The zero-order valence-electron chi connectivity index (χ0n) is 10.8. The van der Waals surface area contributed by atoms with Gasteiger partial charge in [-0.1, -0.05) is 37.0 Å². The lowest BCUT2D eigenvalue weighted by atomic mass is 10.0. The highest BCUT2D eigenvalue weighted by Gasteiger charge is 2.16. The van der Waals surface area contributed by atoms with E-state index in [1.165, 1.54) is 0 Å². The number of halogens is 2. The van der Waals surface area contributed by atoms with Crippen LogP contribution in [0.5, 0.6) is 0 Å². The van der Waals surface area contributed by atoms with Crippen molar-refractivity contribution in [2.24, 2.45) is 11.7 Å². The van der Waals surface area contributed by atoms with Gasteiger partial charge < -0.3 is 11.1 Å². The van der Waals surface area contributed by atoms with Gasteiger partial charge in [-0.25, -0.2) is 0 Å². The first kappa shape index (κ1) is 15.3. The number of hydrogen-bond donors (Lipinski definition) is 2. The summed E-state index contributed by atoms with van der Waals surface area (Å²) in [6, 6.07) is 2.81. The number of rotatable bonds is 4. The average molecular weight is 289 g/mol. The molecule has 3 N–H and O–H groups in total. The Morgan fingerprint density at radius 3 is 2.50 bits per heavy atom. The second-order valence-corrected chi connectivity index (χ2v) is 5.62. The average Bonchev–Trinajstić information content (AvgIpc) is 2.24. The number of carbonyl (C=O) groups is 1. The van der Waals surface area contributed by atoms with Gasteiger partial charge in [-0.3, -0.25) is 4.79 Å². The molecule has 100 valence electrons. The molecule has 0 bridgehead atoms. The van der Waals surface area contributed by atoms with E-state index < -0.39 is 6.04 Å². The first-order valence-corrected chi connectivity index (χ1v) is 6.59. The summed E-state index contributed by atoms with van der Waals surface area (Å²) < 4.78 is 0. The second kappa shape index (κ2) is 6.41. The number of carbonyl (C=O) groups excluding carboxylic acids is 1. The fourth-order valence-electron chi connectivity index (χ4n) is 1.58. The van der Waals surface area contributed by atoms with Gasteiger partial charge in [0.05, 0.1) is 16.8 Å². The van der Waals surface area contributed by atoms with Crippen LogP contribution in [-0.2, 0) is 4.79 Å². The zero-order chi connectivity index (χ0) is 13.9. The van der Waals surface area contributed by atoms with Gasteiger partial charge >= 0.3 is 0 Å². The van der Waals surface area contributed by atoms with E-state index in [1.807, 2.05) is 20.8 Å². The summed E-state index contributed by atoms with van der Waals surface area (Å²) in [6.45, 7) is 5.88. The van der Waals surface area contributed by atoms with E-state index in [4.69, 9.17) is 28.9 Å². The van der Waals surface area contributed by atoms with Crippen LogP contribution in [0.4, 0.5) is 5.69 Å². The molecule has 0 aliphatic heterocycles. The van der Waals surface area contributed by atoms with Crippen LogP contribution in [0.2, 0.25) is 10.0 Å². The van der Waals surface area contributed by atoms with Gasteiger partial charge in [0.2, 0.25) is 5.91 Å². The summed E-state index contributed by atoms with van der Waals surface area (Å²) in [6.07, 6.45) is 0.628. The third-order valence-electron chi connectivity index (χ3n) is 2.57. The number of hydrogen-bond acceptors (Lipinski definition) is 2. The molecular weight excluding hydrogens is 271 g/mol. The number of anilines is 1. The minimum absolute atomic E-state index is 0.245. The van der Waals surface area contributed by atoms with Crippen molar-refractivity contribution in [3.05, 3.63) is 27.7 Å². The van der Waals surface area contributed by atoms with Gasteiger partial charge in [-0.2, -0.15) is 0 Å². The first-order chi connectivity index (χ1) is 8.31. The highest BCUT2D eigenvalue weighted by atomic mass is 35.5. The molecule has 18 heavy (non-hydrogen) atoms. The Morgan fingerprint density at radius 2 is 1.94 bits per heavy atom. The Kier molecular flexibility index (Phi) is 5.45. The summed E-state index contributed by atoms with van der Waals surface area (Å²) >= 11 is 12.0. The van der Waals surface area contributed by atoms with Gasteiger partial charge in [-0.05, 0) is 37.0 Å². The van der Waals surface area contributed by atoms with Gasteiger partial charge in [0.25, 0.3) is 0 Å². The van der Waals surface area contributed by atoms with Crippen molar-refractivity contribution >= 4 is 34.8 Å². The molecule has 0 aliphatic carbocycles. The summed E-state index contributed by atoms with van der Waals surface area (Å²) in [5, 5.41) is 3.73. The maximum Gasteiger partial charge on any atom is 0.241 e. The van der Waals surface area contributed by atoms with E-state index >= 15 is 0 Å². The fourth-order valence-corrected chi connectivity index (χ4v) is 2.01. The molecule has 0 saturated carbocycles. The number of nitrogens with two attached hydrogens (primary N) is 1. The van der Waals surface area contributed by atoms with Crippen molar-refractivity contribution in [3.63, 3.8) is 0 Å². The standard InChI is InChI=1S/C13H18Cl2N2O/c1-7(2)4-11(16)13(18)17-12-6-9(14)8(3)5-10(12)15/h5-7,11H,4,16H2,1-3H3,(H,17,18)/t11-/m1/s1. The molecule has 0 aromatic heterocycles. The maximum atomic E-state index is 11.9. The number of benzene rings is 1. The zero-order valence-corrected chi connectivity index (χ0v) is 12.3. The molecule has 0 saturated heterocycles. The van der Waals surface area contributed by atoms with Gasteiger partial charge in [0.15, 0.2) is 0 Å². The van der Waals surface area contributed by atoms with Crippen LogP contribution >= 0.6 is 23.2 Å².